The number of carboxylic acids is 1. The van der Waals surface area contributed by atoms with Crippen molar-refractivity contribution in [1.82, 2.24) is 4.90 Å². The van der Waals surface area contributed by atoms with Crippen molar-refractivity contribution in [2.24, 2.45) is 0 Å². The van der Waals surface area contributed by atoms with Gasteiger partial charge in [0.1, 0.15) is 0 Å². The standard InChI is InChI=1S/C14H17NO4S/c16-13(15-4-6-19-7-5-15)10-20-9-11-2-1-3-12(8-11)14(17)18/h1-3,8H,4-7,9-10H2,(H,17,18). The normalized spacial score (nSPS) is 15.1. The molecule has 0 aromatic heterocycles. The molecular weight excluding hydrogens is 278 g/mol. The van der Waals surface area contributed by atoms with E-state index in [1.807, 2.05) is 11.0 Å². The summed E-state index contributed by atoms with van der Waals surface area (Å²) in [7, 11) is 0. The van der Waals surface area contributed by atoms with Crippen LogP contribution in [-0.2, 0) is 15.3 Å². The van der Waals surface area contributed by atoms with Gasteiger partial charge in [0, 0.05) is 18.8 Å². The Balaban J connectivity index is 1.79. The summed E-state index contributed by atoms with van der Waals surface area (Å²) in [5.41, 5.74) is 1.20. The molecule has 1 aromatic rings. The van der Waals surface area contributed by atoms with Crippen molar-refractivity contribution in [2.45, 2.75) is 5.75 Å². The van der Waals surface area contributed by atoms with E-state index in [9.17, 15) is 9.59 Å². The summed E-state index contributed by atoms with van der Waals surface area (Å²) < 4.78 is 5.20. The SMILES string of the molecule is O=C(O)c1cccc(CSCC(=O)N2CCOCC2)c1. The highest BCUT2D eigenvalue weighted by Crippen LogP contribution is 2.15. The minimum absolute atomic E-state index is 0.118. The predicted molar refractivity (Wildman–Crippen MR) is 77.0 cm³/mol. The molecule has 2 rings (SSSR count). The van der Waals surface area contributed by atoms with Gasteiger partial charge in [-0.25, -0.2) is 4.79 Å². The van der Waals surface area contributed by atoms with Crippen LogP contribution in [0.15, 0.2) is 24.3 Å². The molecule has 1 aliphatic heterocycles. The first kappa shape index (κ1) is 14.9. The van der Waals surface area contributed by atoms with E-state index < -0.39 is 5.97 Å². The highest BCUT2D eigenvalue weighted by atomic mass is 32.2. The van der Waals surface area contributed by atoms with Gasteiger partial charge in [-0.1, -0.05) is 12.1 Å². The van der Waals surface area contributed by atoms with E-state index in [1.54, 1.807) is 18.2 Å². The van der Waals surface area contributed by atoms with Crippen LogP contribution in [0.4, 0.5) is 0 Å². The smallest absolute Gasteiger partial charge is 0.335 e. The number of aromatic carboxylic acids is 1. The van der Waals surface area contributed by atoms with Gasteiger partial charge in [-0.3, -0.25) is 4.79 Å². The third-order valence-corrected chi connectivity index (χ3v) is 4.02. The molecule has 0 bridgehead atoms. The lowest BCUT2D eigenvalue weighted by Crippen LogP contribution is -2.41. The van der Waals surface area contributed by atoms with Crippen LogP contribution in [-0.4, -0.2) is 53.9 Å². The van der Waals surface area contributed by atoms with Gasteiger partial charge in [0.25, 0.3) is 0 Å². The molecule has 108 valence electrons. The number of ether oxygens (including phenoxy) is 1. The van der Waals surface area contributed by atoms with E-state index in [2.05, 4.69) is 0 Å². The number of nitrogens with zero attached hydrogens (tertiary/aromatic N) is 1. The van der Waals surface area contributed by atoms with Gasteiger partial charge in [-0.2, -0.15) is 0 Å². The van der Waals surface area contributed by atoms with Crippen LogP contribution in [0.3, 0.4) is 0 Å². The number of hydrogen-bond acceptors (Lipinski definition) is 4. The number of carbonyl (C=O) groups excluding carboxylic acids is 1. The van der Waals surface area contributed by atoms with Crippen LogP contribution >= 0.6 is 11.8 Å². The van der Waals surface area contributed by atoms with Crippen LogP contribution in [0.2, 0.25) is 0 Å². The van der Waals surface area contributed by atoms with Crippen molar-refractivity contribution in [3.63, 3.8) is 0 Å². The molecule has 5 nitrogen and oxygen atoms in total. The molecule has 0 spiro atoms. The number of carbonyl (C=O) groups is 2. The minimum atomic E-state index is -0.929. The topological polar surface area (TPSA) is 66.8 Å². The molecule has 1 saturated heterocycles. The summed E-state index contributed by atoms with van der Waals surface area (Å²) in [6, 6.07) is 6.81. The number of carboxylic acid groups (broad SMARTS) is 1. The highest BCUT2D eigenvalue weighted by molar-refractivity contribution is 7.99. The summed E-state index contributed by atoms with van der Waals surface area (Å²) in [6.07, 6.45) is 0. The van der Waals surface area contributed by atoms with Crippen molar-refractivity contribution in [2.75, 3.05) is 32.1 Å². The number of thioether (sulfide) groups is 1. The first-order valence-electron chi connectivity index (χ1n) is 6.42. The van der Waals surface area contributed by atoms with Gasteiger partial charge in [0.2, 0.25) is 5.91 Å². The average molecular weight is 295 g/mol. The van der Waals surface area contributed by atoms with Crippen molar-refractivity contribution >= 4 is 23.6 Å². The van der Waals surface area contributed by atoms with E-state index in [0.29, 0.717) is 37.8 Å². The quantitative estimate of drug-likeness (QED) is 0.891. The largest absolute Gasteiger partial charge is 0.478 e. The molecule has 20 heavy (non-hydrogen) atoms. The number of benzene rings is 1. The summed E-state index contributed by atoms with van der Waals surface area (Å²) in [4.78, 5) is 24.6. The van der Waals surface area contributed by atoms with Crippen molar-refractivity contribution in [3.8, 4) is 0 Å². The molecule has 1 aromatic carbocycles. The number of hydrogen-bond donors (Lipinski definition) is 1. The van der Waals surface area contributed by atoms with Crippen molar-refractivity contribution in [3.05, 3.63) is 35.4 Å². The monoisotopic (exact) mass is 295 g/mol. The second-order valence-corrected chi connectivity index (χ2v) is 5.48. The Bertz CT molecular complexity index is 486. The number of amides is 1. The maximum absolute atomic E-state index is 11.9. The molecule has 1 aliphatic rings. The molecule has 1 heterocycles. The van der Waals surface area contributed by atoms with Crippen molar-refractivity contribution < 1.29 is 19.4 Å². The molecule has 1 amide bonds. The third kappa shape index (κ3) is 4.25. The van der Waals surface area contributed by atoms with Crippen molar-refractivity contribution in [1.29, 1.82) is 0 Å². The average Bonchev–Trinajstić information content (AvgIpc) is 2.48. The maximum atomic E-state index is 11.9. The molecule has 0 radical (unpaired) electrons. The van der Waals surface area contributed by atoms with E-state index in [4.69, 9.17) is 9.84 Å². The Labute approximate surface area is 121 Å². The van der Waals surface area contributed by atoms with E-state index >= 15 is 0 Å². The third-order valence-electron chi connectivity index (χ3n) is 3.03. The Morgan fingerprint density at radius 2 is 2.05 bits per heavy atom. The first-order valence-corrected chi connectivity index (χ1v) is 7.58. The van der Waals surface area contributed by atoms with Crippen LogP contribution in [0, 0.1) is 0 Å². The van der Waals surface area contributed by atoms with Crippen LogP contribution < -0.4 is 0 Å². The molecule has 0 saturated carbocycles. The summed E-state index contributed by atoms with van der Waals surface area (Å²) in [5, 5.41) is 8.91. The second kappa shape index (κ2) is 7.31. The molecule has 1 fully saturated rings. The summed E-state index contributed by atoms with van der Waals surface area (Å²) in [5.74, 6) is 0.239. The molecule has 6 heteroatoms. The predicted octanol–water partition coefficient (Wildman–Crippen LogP) is 1.48. The minimum Gasteiger partial charge on any atom is -0.478 e. The van der Waals surface area contributed by atoms with Crippen LogP contribution in [0.25, 0.3) is 0 Å². The summed E-state index contributed by atoms with van der Waals surface area (Å²) in [6.45, 7) is 2.54. The lowest BCUT2D eigenvalue weighted by molar-refractivity contribution is -0.132. The molecule has 0 aliphatic carbocycles. The van der Waals surface area contributed by atoms with Gasteiger partial charge >= 0.3 is 5.97 Å². The van der Waals surface area contributed by atoms with Crippen LogP contribution in [0.1, 0.15) is 15.9 Å². The fourth-order valence-electron chi connectivity index (χ4n) is 1.95. The van der Waals surface area contributed by atoms with E-state index in [0.717, 1.165) is 5.56 Å². The lowest BCUT2D eigenvalue weighted by Gasteiger charge is -2.26. The lowest BCUT2D eigenvalue weighted by atomic mass is 10.1. The fourth-order valence-corrected chi connectivity index (χ4v) is 2.83. The van der Waals surface area contributed by atoms with E-state index in [1.165, 1.54) is 11.8 Å². The molecule has 0 atom stereocenters. The highest BCUT2D eigenvalue weighted by Gasteiger charge is 2.16. The number of rotatable bonds is 5. The zero-order valence-corrected chi connectivity index (χ0v) is 11.9. The zero-order chi connectivity index (χ0) is 14.4. The Morgan fingerprint density at radius 1 is 1.30 bits per heavy atom. The van der Waals surface area contributed by atoms with Gasteiger partial charge < -0.3 is 14.7 Å². The maximum Gasteiger partial charge on any atom is 0.335 e. The van der Waals surface area contributed by atoms with Gasteiger partial charge in [0.15, 0.2) is 0 Å². The summed E-state index contributed by atoms with van der Waals surface area (Å²) >= 11 is 1.50. The molecule has 1 N–H and O–H groups in total. The van der Waals surface area contributed by atoms with Gasteiger partial charge in [0.05, 0.1) is 24.5 Å². The molecule has 0 unspecified atom stereocenters. The van der Waals surface area contributed by atoms with Gasteiger partial charge in [-0.05, 0) is 17.7 Å². The molecular formula is C14H17NO4S. The zero-order valence-electron chi connectivity index (χ0n) is 11.1. The van der Waals surface area contributed by atoms with Gasteiger partial charge in [-0.15, -0.1) is 11.8 Å². The Morgan fingerprint density at radius 3 is 2.75 bits per heavy atom. The fraction of sp³-hybridized carbons (Fsp3) is 0.429. The first-order chi connectivity index (χ1) is 9.66. The second-order valence-electron chi connectivity index (χ2n) is 4.49. The Kier molecular flexibility index (Phi) is 5.43. The van der Waals surface area contributed by atoms with E-state index in [-0.39, 0.29) is 11.5 Å². The number of morpholine rings is 1. The van der Waals surface area contributed by atoms with Crippen LogP contribution in [0.5, 0.6) is 0 Å². The Hall–Kier alpha value is -1.53.